The minimum absolute atomic E-state index is 0.117. The lowest BCUT2D eigenvalue weighted by Crippen LogP contribution is -2.45. The first kappa shape index (κ1) is 23.6. The van der Waals surface area contributed by atoms with E-state index in [0.717, 1.165) is 30.6 Å². The Kier molecular flexibility index (Phi) is 5.88. The summed E-state index contributed by atoms with van der Waals surface area (Å²) in [5.74, 6) is -0.0252. The molecule has 2 fully saturated rings. The van der Waals surface area contributed by atoms with E-state index in [4.69, 9.17) is 9.72 Å². The van der Waals surface area contributed by atoms with Crippen LogP contribution in [0.15, 0.2) is 36.9 Å². The smallest absolute Gasteiger partial charge is 0.251 e. The minimum Gasteiger partial charge on any atom is -0.379 e. The summed E-state index contributed by atoms with van der Waals surface area (Å²) in [7, 11) is 3.64. The summed E-state index contributed by atoms with van der Waals surface area (Å²) >= 11 is 0. The lowest BCUT2D eigenvalue weighted by Gasteiger charge is -2.36. The van der Waals surface area contributed by atoms with Gasteiger partial charge in [0.25, 0.3) is 5.91 Å². The molecule has 0 bridgehead atoms. The average Bonchev–Trinajstić information content (AvgIpc) is 3.64. The van der Waals surface area contributed by atoms with Crippen molar-refractivity contribution < 1.29 is 13.9 Å². The maximum Gasteiger partial charge on any atom is 0.251 e. The van der Waals surface area contributed by atoms with E-state index in [1.54, 1.807) is 36.8 Å². The fourth-order valence-electron chi connectivity index (χ4n) is 5.02. The van der Waals surface area contributed by atoms with Crippen molar-refractivity contribution in [2.75, 3.05) is 45.7 Å². The van der Waals surface area contributed by atoms with Crippen LogP contribution >= 0.6 is 0 Å². The molecule has 10 nitrogen and oxygen atoms in total. The molecular formula is C26H29FN8O2. The third kappa shape index (κ3) is 4.23. The van der Waals surface area contributed by atoms with E-state index in [0.29, 0.717) is 47.4 Å². The Balaban J connectivity index is 1.46. The molecule has 3 aromatic heterocycles. The standard InChI is InChI=1S/C26H29FN8O2/c1-15-6-16(26(36)28-2)7-20(23(15)27)21-9-30-35-13-22(17-8-29-34(10-17)19-11-33(3)12-19)24(32-25(21)35)31-18-4-5-37-14-18/h6-10,13,18-19H,4-5,11-12,14H2,1-3H3,(H,28,36)(H,31,32). The Morgan fingerprint density at radius 3 is 2.70 bits per heavy atom. The first-order chi connectivity index (χ1) is 17.9. The number of likely N-dealkylation sites (tertiary alicyclic amines) is 1. The molecule has 11 heteroatoms. The second-order valence-electron chi connectivity index (χ2n) is 9.85. The molecule has 2 aliphatic heterocycles. The van der Waals surface area contributed by atoms with Crippen molar-refractivity contribution in [1.82, 2.24) is 34.6 Å². The molecule has 1 unspecified atom stereocenters. The molecule has 0 aliphatic carbocycles. The lowest BCUT2D eigenvalue weighted by molar-refractivity contribution is 0.0963. The number of carbonyl (C=O) groups is 1. The van der Waals surface area contributed by atoms with Crippen molar-refractivity contribution >= 4 is 17.4 Å². The number of carbonyl (C=O) groups excluding carboxylic acids is 1. The maximum atomic E-state index is 15.3. The number of rotatable bonds is 6. The van der Waals surface area contributed by atoms with E-state index >= 15 is 4.39 Å². The zero-order chi connectivity index (χ0) is 25.7. The highest BCUT2D eigenvalue weighted by molar-refractivity contribution is 5.96. The predicted molar refractivity (Wildman–Crippen MR) is 137 cm³/mol. The lowest BCUT2D eigenvalue weighted by atomic mass is 10.0. The fraction of sp³-hybridized carbons (Fsp3) is 0.385. The summed E-state index contributed by atoms with van der Waals surface area (Å²) < 4.78 is 24.5. The second-order valence-corrected chi connectivity index (χ2v) is 9.85. The molecule has 6 rings (SSSR count). The van der Waals surface area contributed by atoms with Crippen LogP contribution in [0.1, 0.15) is 28.4 Å². The minimum atomic E-state index is -0.404. The van der Waals surface area contributed by atoms with Crippen LogP contribution in [-0.2, 0) is 4.74 Å². The largest absolute Gasteiger partial charge is 0.379 e. The van der Waals surface area contributed by atoms with Gasteiger partial charge < -0.3 is 20.3 Å². The van der Waals surface area contributed by atoms with Gasteiger partial charge in [-0.25, -0.2) is 13.9 Å². The quantitative estimate of drug-likeness (QED) is 0.416. The number of benzene rings is 1. The molecule has 2 aliphatic rings. The van der Waals surface area contributed by atoms with Gasteiger partial charge >= 0.3 is 0 Å². The van der Waals surface area contributed by atoms with Gasteiger partial charge in [0.15, 0.2) is 5.65 Å². The van der Waals surface area contributed by atoms with Gasteiger partial charge in [0.05, 0.1) is 31.1 Å². The highest BCUT2D eigenvalue weighted by Crippen LogP contribution is 2.34. The highest BCUT2D eigenvalue weighted by Gasteiger charge is 2.27. The molecule has 5 heterocycles. The van der Waals surface area contributed by atoms with Crippen molar-refractivity contribution in [2.45, 2.75) is 25.4 Å². The third-order valence-electron chi connectivity index (χ3n) is 7.13. The van der Waals surface area contributed by atoms with Gasteiger partial charge in [-0.05, 0) is 38.1 Å². The maximum absolute atomic E-state index is 15.3. The number of ether oxygens (including phenoxy) is 1. The van der Waals surface area contributed by atoms with Crippen LogP contribution in [-0.4, -0.2) is 81.6 Å². The number of aryl methyl sites for hydroxylation is 1. The van der Waals surface area contributed by atoms with Crippen molar-refractivity contribution in [3.05, 3.63) is 53.9 Å². The third-order valence-corrected chi connectivity index (χ3v) is 7.13. The summed E-state index contributed by atoms with van der Waals surface area (Å²) in [5, 5.41) is 15.2. The topological polar surface area (TPSA) is 102 Å². The van der Waals surface area contributed by atoms with Crippen LogP contribution in [0.2, 0.25) is 0 Å². The molecule has 192 valence electrons. The molecule has 1 aromatic carbocycles. The van der Waals surface area contributed by atoms with Gasteiger partial charge in [0, 0.05) is 67.0 Å². The van der Waals surface area contributed by atoms with E-state index in [2.05, 4.69) is 32.8 Å². The van der Waals surface area contributed by atoms with Gasteiger partial charge in [-0.1, -0.05) is 0 Å². The number of halogens is 1. The van der Waals surface area contributed by atoms with Crippen molar-refractivity contribution in [3.8, 4) is 22.3 Å². The van der Waals surface area contributed by atoms with Crippen LogP contribution in [0, 0.1) is 12.7 Å². The number of amides is 1. The van der Waals surface area contributed by atoms with E-state index in [1.165, 1.54) is 0 Å². The zero-order valence-corrected chi connectivity index (χ0v) is 21.0. The number of likely N-dealkylation sites (N-methyl/N-ethyl adjacent to an activating group) is 1. The fourth-order valence-corrected chi connectivity index (χ4v) is 5.02. The first-order valence-corrected chi connectivity index (χ1v) is 12.4. The molecule has 4 aromatic rings. The van der Waals surface area contributed by atoms with Crippen molar-refractivity contribution in [2.24, 2.45) is 0 Å². The molecule has 2 N–H and O–H groups in total. The molecule has 37 heavy (non-hydrogen) atoms. The normalized spacial score (nSPS) is 18.3. The van der Waals surface area contributed by atoms with Gasteiger partial charge in [0.1, 0.15) is 11.6 Å². The molecule has 0 saturated carbocycles. The Bertz CT molecular complexity index is 1480. The highest BCUT2D eigenvalue weighted by atomic mass is 19.1. The molecule has 2 saturated heterocycles. The first-order valence-electron chi connectivity index (χ1n) is 12.4. The number of nitrogens with one attached hydrogen (secondary N) is 2. The average molecular weight is 505 g/mol. The molecule has 1 atom stereocenters. The Morgan fingerprint density at radius 2 is 1.97 bits per heavy atom. The van der Waals surface area contributed by atoms with E-state index in [9.17, 15) is 4.79 Å². The van der Waals surface area contributed by atoms with Crippen LogP contribution in [0.3, 0.4) is 0 Å². The zero-order valence-electron chi connectivity index (χ0n) is 21.0. The number of fused-ring (bicyclic) bond motifs is 1. The second kappa shape index (κ2) is 9.24. The molecule has 0 radical (unpaired) electrons. The Morgan fingerprint density at radius 1 is 1.14 bits per heavy atom. The summed E-state index contributed by atoms with van der Waals surface area (Å²) in [6.45, 7) is 4.86. The van der Waals surface area contributed by atoms with E-state index in [-0.39, 0.29) is 17.5 Å². The van der Waals surface area contributed by atoms with Crippen LogP contribution in [0.25, 0.3) is 27.9 Å². The monoisotopic (exact) mass is 504 g/mol. The number of nitrogens with zero attached hydrogens (tertiary/aromatic N) is 6. The number of aromatic nitrogens is 5. The predicted octanol–water partition coefficient (Wildman–Crippen LogP) is 2.75. The summed E-state index contributed by atoms with van der Waals surface area (Å²) in [6.07, 6.45) is 8.24. The Hall–Kier alpha value is -3.83. The van der Waals surface area contributed by atoms with Crippen LogP contribution in [0.4, 0.5) is 10.2 Å². The number of anilines is 1. The SMILES string of the molecule is CNC(=O)c1cc(C)c(F)c(-c2cnn3cc(-c4cnn(C5CN(C)C5)c4)c(NC4CCOC4)nc23)c1. The van der Waals surface area contributed by atoms with Crippen molar-refractivity contribution in [3.63, 3.8) is 0 Å². The Labute approximate surface area is 213 Å². The van der Waals surface area contributed by atoms with Crippen LogP contribution < -0.4 is 10.6 Å². The van der Waals surface area contributed by atoms with Gasteiger partial charge in [-0.2, -0.15) is 10.2 Å². The summed E-state index contributed by atoms with van der Waals surface area (Å²) in [4.78, 5) is 19.5. The number of hydrogen-bond donors (Lipinski definition) is 2. The van der Waals surface area contributed by atoms with E-state index in [1.807, 2.05) is 23.3 Å². The molecule has 1 amide bonds. The molecular weight excluding hydrogens is 475 g/mol. The van der Waals surface area contributed by atoms with Gasteiger partial charge in [0.2, 0.25) is 0 Å². The van der Waals surface area contributed by atoms with Gasteiger partial charge in [-0.15, -0.1) is 0 Å². The van der Waals surface area contributed by atoms with Crippen molar-refractivity contribution in [1.29, 1.82) is 0 Å². The summed E-state index contributed by atoms with van der Waals surface area (Å²) in [5.41, 5.74) is 3.81. The molecule has 0 spiro atoms. The number of hydrogen-bond acceptors (Lipinski definition) is 7. The van der Waals surface area contributed by atoms with Gasteiger partial charge in [-0.3, -0.25) is 9.48 Å². The van der Waals surface area contributed by atoms with Crippen LogP contribution in [0.5, 0.6) is 0 Å². The summed E-state index contributed by atoms with van der Waals surface area (Å²) in [6, 6.07) is 3.56. The van der Waals surface area contributed by atoms with E-state index < -0.39 is 5.82 Å².